The molecule has 0 saturated carbocycles. The van der Waals surface area contributed by atoms with Crippen LogP contribution in [0.1, 0.15) is 15.9 Å². The Morgan fingerprint density at radius 3 is 2.04 bits per heavy atom. The second kappa shape index (κ2) is 9.43. The quantitative estimate of drug-likeness (QED) is 0.529. The first-order chi connectivity index (χ1) is 12.9. The van der Waals surface area contributed by atoms with Gasteiger partial charge in [-0.25, -0.2) is 0 Å². The number of nitrogens with zero attached hydrogens (tertiary/aromatic N) is 1. The molecule has 2 rings (SSSR count). The summed E-state index contributed by atoms with van der Waals surface area (Å²) in [6.07, 6.45) is 3.19. The third-order valence-corrected chi connectivity index (χ3v) is 3.80. The van der Waals surface area contributed by atoms with Crippen LogP contribution in [-0.4, -0.2) is 51.5 Å². The summed E-state index contributed by atoms with van der Waals surface area (Å²) >= 11 is 0. The fourth-order valence-corrected chi connectivity index (χ4v) is 2.18. The molecular weight excluding hydrogens is 346 g/mol. The summed E-state index contributed by atoms with van der Waals surface area (Å²) in [5.74, 6) is 1.55. The topological polar surface area (TPSA) is 65.1 Å². The molecular formula is C21H23NO5. The van der Waals surface area contributed by atoms with Crippen molar-refractivity contribution in [3.8, 4) is 17.2 Å². The van der Waals surface area contributed by atoms with Gasteiger partial charge in [-0.3, -0.25) is 9.59 Å². The lowest BCUT2D eigenvalue weighted by atomic mass is 10.1. The summed E-state index contributed by atoms with van der Waals surface area (Å²) in [5.41, 5.74) is 1.31. The Balaban J connectivity index is 2.03. The Bertz CT molecular complexity index is 803. The molecule has 0 bridgehead atoms. The van der Waals surface area contributed by atoms with Crippen molar-refractivity contribution in [3.63, 3.8) is 0 Å². The minimum Gasteiger partial charge on any atom is -0.497 e. The van der Waals surface area contributed by atoms with Gasteiger partial charge in [-0.2, -0.15) is 0 Å². The van der Waals surface area contributed by atoms with Gasteiger partial charge in [0, 0.05) is 25.7 Å². The van der Waals surface area contributed by atoms with Crippen molar-refractivity contribution in [2.24, 2.45) is 0 Å². The van der Waals surface area contributed by atoms with E-state index in [1.54, 1.807) is 64.7 Å². The lowest BCUT2D eigenvalue weighted by Crippen LogP contribution is -2.27. The van der Waals surface area contributed by atoms with E-state index in [4.69, 9.17) is 14.2 Å². The monoisotopic (exact) mass is 369 g/mol. The molecule has 0 aliphatic carbocycles. The normalized spacial score (nSPS) is 10.5. The molecule has 2 aromatic rings. The number of amides is 1. The van der Waals surface area contributed by atoms with Crippen molar-refractivity contribution in [2.75, 3.05) is 34.9 Å². The fourth-order valence-electron chi connectivity index (χ4n) is 2.18. The number of hydrogen-bond donors (Lipinski definition) is 0. The smallest absolute Gasteiger partial charge is 0.259 e. The maximum atomic E-state index is 12.3. The van der Waals surface area contributed by atoms with E-state index in [-0.39, 0.29) is 18.3 Å². The van der Waals surface area contributed by atoms with Crippen molar-refractivity contribution in [3.05, 3.63) is 59.7 Å². The molecule has 6 heteroatoms. The maximum Gasteiger partial charge on any atom is 0.259 e. The van der Waals surface area contributed by atoms with Gasteiger partial charge in [0.1, 0.15) is 17.2 Å². The van der Waals surface area contributed by atoms with Gasteiger partial charge >= 0.3 is 0 Å². The fraction of sp³-hybridized carbons (Fsp3) is 0.238. The molecule has 0 aliphatic heterocycles. The molecule has 27 heavy (non-hydrogen) atoms. The van der Waals surface area contributed by atoms with E-state index in [0.29, 0.717) is 22.8 Å². The highest BCUT2D eigenvalue weighted by molar-refractivity contribution is 6.06. The minimum absolute atomic E-state index is 0.0438. The molecule has 0 aromatic heterocycles. The largest absolute Gasteiger partial charge is 0.497 e. The average Bonchev–Trinajstić information content (AvgIpc) is 2.70. The molecule has 0 heterocycles. The van der Waals surface area contributed by atoms with Crippen molar-refractivity contribution < 1.29 is 23.8 Å². The Kier molecular flexibility index (Phi) is 7.00. The summed E-state index contributed by atoms with van der Waals surface area (Å²) in [5, 5.41) is 0. The van der Waals surface area contributed by atoms with Crippen LogP contribution in [0, 0.1) is 0 Å². The van der Waals surface area contributed by atoms with Gasteiger partial charge in [-0.05, 0) is 48.0 Å². The van der Waals surface area contributed by atoms with E-state index >= 15 is 0 Å². The molecule has 1 amide bonds. The lowest BCUT2D eigenvalue weighted by Gasteiger charge is -2.11. The van der Waals surface area contributed by atoms with Crippen LogP contribution in [0.25, 0.3) is 6.08 Å². The van der Waals surface area contributed by atoms with Crippen molar-refractivity contribution >= 4 is 17.8 Å². The molecule has 142 valence electrons. The number of ether oxygens (including phenoxy) is 3. The predicted molar refractivity (Wildman–Crippen MR) is 104 cm³/mol. The number of hydrogen-bond acceptors (Lipinski definition) is 5. The number of rotatable bonds is 8. The number of ketones is 1. The van der Waals surface area contributed by atoms with Crippen LogP contribution in [-0.2, 0) is 4.79 Å². The standard InChI is InChI=1S/C21H23NO5/c1-22(2)21(24)14-27-17-8-6-16(7-9-17)20(23)10-5-15-11-18(25-3)13-19(12-15)26-4/h5-13H,14H2,1-4H3/b10-5+. The van der Waals surface area contributed by atoms with Gasteiger partial charge in [-0.15, -0.1) is 0 Å². The Hall–Kier alpha value is -3.28. The summed E-state index contributed by atoms with van der Waals surface area (Å²) in [6.45, 7) is -0.0438. The van der Waals surface area contributed by atoms with Gasteiger partial charge in [0.15, 0.2) is 12.4 Å². The third-order valence-electron chi connectivity index (χ3n) is 3.80. The number of methoxy groups -OCH3 is 2. The summed E-state index contributed by atoms with van der Waals surface area (Å²) < 4.78 is 15.8. The molecule has 2 aromatic carbocycles. The minimum atomic E-state index is -0.146. The van der Waals surface area contributed by atoms with E-state index in [0.717, 1.165) is 5.56 Å². The van der Waals surface area contributed by atoms with Gasteiger partial charge in [-0.1, -0.05) is 6.08 Å². The van der Waals surface area contributed by atoms with E-state index < -0.39 is 0 Å². The SMILES string of the molecule is COc1cc(/C=C/C(=O)c2ccc(OCC(=O)N(C)C)cc2)cc(OC)c1. The highest BCUT2D eigenvalue weighted by atomic mass is 16.5. The van der Waals surface area contributed by atoms with Crippen LogP contribution in [0.2, 0.25) is 0 Å². The Morgan fingerprint density at radius 2 is 1.52 bits per heavy atom. The van der Waals surface area contributed by atoms with Gasteiger partial charge in [0.05, 0.1) is 14.2 Å². The van der Waals surface area contributed by atoms with Crippen LogP contribution in [0.3, 0.4) is 0 Å². The van der Waals surface area contributed by atoms with Crippen molar-refractivity contribution in [1.82, 2.24) is 4.90 Å². The number of likely N-dealkylation sites (N-methyl/N-ethyl adjacent to an activating group) is 1. The van der Waals surface area contributed by atoms with E-state index in [1.165, 1.54) is 11.0 Å². The molecule has 0 atom stereocenters. The predicted octanol–water partition coefficient (Wildman–Crippen LogP) is 3.07. The summed E-state index contributed by atoms with van der Waals surface area (Å²) in [6, 6.07) is 12.0. The van der Waals surface area contributed by atoms with Gasteiger partial charge < -0.3 is 19.1 Å². The molecule has 0 N–H and O–H groups in total. The molecule has 0 saturated heterocycles. The zero-order valence-electron chi connectivity index (χ0n) is 15.9. The van der Waals surface area contributed by atoms with Crippen LogP contribution in [0.15, 0.2) is 48.5 Å². The average molecular weight is 369 g/mol. The summed E-state index contributed by atoms with van der Waals surface area (Å²) in [4.78, 5) is 25.3. The Morgan fingerprint density at radius 1 is 0.926 bits per heavy atom. The maximum absolute atomic E-state index is 12.3. The second-order valence-corrected chi connectivity index (χ2v) is 5.94. The molecule has 0 radical (unpaired) electrons. The van der Waals surface area contributed by atoms with Crippen molar-refractivity contribution in [1.29, 1.82) is 0 Å². The van der Waals surface area contributed by atoms with E-state index in [9.17, 15) is 9.59 Å². The second-order valence-electron chi connectivity index (χ2n) is 5.94. The van der Waals surface area contributed by atoms with Crippen LogP contribution in [0.4, 0.5) is 0 Å². The first kappa shape index (κ1) is 20.0. The third kappa shape index (κ3) is 5.88. The van der Waals surface area contributed by atoms with Crippen molar-refractivity contribution in [2.45, 2.75) is 0 Å². The lowest BCUT2D eigenvalue weighted by molar-refractivity contribution is -0.130. The van der Waals surface area contributed by atoms with Gasteiger partial charge in [0.2, 0.25) is 0 Å². The number of carbonyl (C=O) groups is 2. The highest BCUT2D eigenvalue weighted by Gasteiger charge is 2.07. The van der Waals surface area contributed by atoms with E-state index in [2.05, 4.69) is 0 Å². The molecule has 6 nitrogen and oxygen atoms in total. The molecule has 0 aliphatic rings. The van der Waals surface area contributed by atoms with Crippen LogP contribution < -0.4 is 14.2 Å². The van der Waals surface area contributed by atoms with Crippen LogP contribution in [0.5, 0.6) is 17.2 Å². The molecule has 0 unspecified atom stereocenters. The Labute approximate surface area is 159 Å². The van der Waals surface area contributed by atoms with Gasteiger partial charge in [0.25, 0.3) is 5.91 Å². The highest BCUT2D eigenvalue weighted by Crippen LogP contribution is 2.23. The first-order valence-corrected chi connectivity index (χ1v) is 8.31. The number of allylic oxidation sites excluding steroid dienone is 1. The number of carbonyl (C=O) groups excluding carboxylic acids is 2. The van der Waals surface area contributed by atoms with Crippen LogP contribution >= 0.6 is 0 Å². The van der Waals surface area contributed by atoms with E-state index in [1.807, 2.05) is 12.1 Å². The zero-order chi connectivity index (χ0) is 19.8. The molecule has 0 spiro atoms. The number of benzene rings is 2. The zero-order valence-corrected chi connectivity index (χ0v) is 15.9. The molecule has 0 fully saturated rings. The first-order valence-electron chi connectivity index (χ1n) is 8.31. The summed E-state index contributed by atoms with van der Waals surface area (Å²) in [7, 11) is 6.47.